The molecule has 3 N–H and O–H groups in total. The van der Waals surface area contributed by atoms with Gasteiger partial charge in [0.2, 0.25) is 0 Å². The largest absolute Gasteiger partial charge is 0.271 e. The molecule has 0 aliphatic rings. The van der Waals surface area contributed by atoms with Crippen LogP contribution < -0.4 is 11.3 Å². The Bertz CT molecular complexity index is 540. The van der Waals surface area contributed by atoms with Crippen LogP contribution in [0.25, 0.3) is 0 Å². The summed E-state index contributed by atoms with van der Waals surface area (Å²) in [6.45, 7) is 1.93. The summed E-state index contributed by atoms with van der Waals surface area (Å²) in [5, 5.41) is 0. The lowest BCUT2D eigenvalue weighted by Crippen LogP contribution is -2.29. The molecule has 0 amide bonds. The second kappa shape index (κ2) is 5.77. The van der Waals surface area contributed by atoms with E-state index in [1.54, 1.807) is 6.07 Å². The maximum atomic E-state index is 13.9. The molecule has 0 spiro atoms. The van der Waals surface area contributed by atoms with Crippen LogP contribution in [0.15, 0.2) is 42.5 Å². The first-order valence-corrected chi connectivity index (χ1v) is 6.67. The van der Waals surface area contributed by atoms with E-state index >= 15 is 0 Å². The molecular formula is C14H14FIN2. The van der Waals surface area contributed by atoms with Gasteiger partial charge in [-0.2, -0.15) is 0 Å². The molecule has 4 heteroatoms. The fourth-order valence-electron chi connectivity index (χ4n) is 1.91. The second-order valence-corrected chi connectivity index (χ2v) is 5.42. The van der Waals surface area contributed by atoms with Crippen molar-refractivity contribution in [2.75, 3.05) is 0 Å². The third-order valence-corrected chi connectivity index (χ3v) is 3.55. The Morgan fingerprint density at radius 2 is 1.83 bits per heavy atom. The minimum atomic E-state index is -0.332. The van der Waals surface area contributed by atoms with Crippen LogP contribution in [0.5, 0.6) is 0 Å². The molecule has 0 fully saturated rings. The van der Waals surface area contributed by atoms with Gasteiger partial charge in [-0.1, -0.05) is 29.8 Å². The molecule has 2 aromatic rings. The summed E-state index contributed by atoms with van der Waals surface area (Å²) >= 11 is 2.23. The average Bonchev–Trinajstić information content (AvgIpc) is 2.37. The second-order valence-electron chi connectivity index (χ2n) is 4.18. The van der Waals surface area contributed by atoms with Crippen molar-refractivity contribution in [1.29, 1.82) is 0 Å². The molecule has 2 aromatic carbocycles. The van der Waals surface area contributed by atoms with E-state index in [9.17, 15) is 4.39 Å². The van der Waals surface area contributed by atoms with E-state index in [0.29, 0.717) is 5.56 Å². The monoisotopic (exact) mass is 356 g/mol. The van der Waals surface area contributed by atoms with Crippen molar-refractivity contribution in [3.05, 3.63) is 68.5 Å². The summed E-state index contributed by atoms with van der Waals surface area (Å²) in [7, 11) is 0. The zero-order valence-electron chi connectivity index (χ0n) is 9.95. The number of nitrogens with one attached hydrogen (secondary N) is 1. The third kappa shape index (κ3) is 2.88. The number of nitrogens with two attached hydrogens (primary N) is 1. The van der Waals surface area contributed by atoms with Gasteiger partial charge in [0, 0.05) is 9.13 Å². The molecule has 0 aromatic heterocycles. The Morgan fingerprint density at radius 3 is 2.44 bits per heavy atom. The summed E-state index contributed by atoms with van der Waals surface area (Å²) in [6, 6.07) is 12.6. The minimum Gasteiger partial charge on any atom is -0.271 e. The highest BCUT2D eigenvalue weighted by Gasteiger charge is 2.16. The molecule has 0 aliphatic heterocycles. The standard InChI is InChI=1S/C14H14FIN2/c1-9-2-7-13(15)12(8-9)14(18-17)10-3-5-11(16)6-4-10/h2-8,14,18H,17H2,1H3. The summed E-state index contributed by atoms with van der Waals surface area (Å²) in [5.41, 5.74) is 5.21. The molecule has 0 saturated heterocycles. The highest BCUT2D eigenvalue weighted by atomic mass is 127. The maximum Gasteiger partial charge on any atom is 0.128 e. The number of rotatable bonds is 3. The van der Waals surface area contributed by atoms with Gasteiger partial charge in [0.1, 0.15) is 5.82 Å². The third-order valence-electron chi connectivity index (χ3n) is 2.83. The first kappa shape index (κ1) is 13.5. The van der Waals surface area contributed by atoms with Gasteiger partial charge in [0.25, 0.3) is 0 Å². The maximum absolute atomic E-state index is 13.9. The van der Waals surface area contributed by atoms with Crippen molar-refractivity contribution in [2.45, 2.75) is 13.0 Å². The molecule has 2 nitrogen and oxygen atoms in total. The summed E-state index contributed by atoms with van der Waals surface area (Å²) < 4.78 is 15.0. The van der Waals surface area contributed by atoms with Gasteiger partial charge >= 0.3 is 0 Å². The van der Waals surface area contributed by atoms with E-state index in [0.717, 1.165) is 14.7 Å². The van der Waals surface area contributed by atoms with Crippen molar-refractivity contribution < 1.29 is 4.39 Å². The summed E-state index contributed by atoms with van der Waals surface area (Å²) in [4.78, 5) is 0. The fraction of sp³-hybridized carbons (Fsp3) is 0.143. The van der Waals surface area contributed by atoms with E-state index in [1.165, 1.54) is 6.07 Å². The molecule has 1 atom stereocenters. The van der Waals surface area contributed by atoms with Gasteiger partial charge in [-0.25, -0.2) is 9.82 Å². The molecule has 0 saturated carbocycles. The van der Waals surface area contributed by atoms with Crippen molar-refractivity contribution >= 4 is 22.6 Å². The highest BCUT2D eigenvalue weighted by molar-refractivity contribution is 14.1. The molecule has 0 bridgehead atoms. The lowest BCUT2D eigenvalue weighted by Gasteiger charge is -2.18. The van der Waals surface area contributed by atoms with Gasteiger partial charge in [-0.05, 0) is 53.3 Å². The van der Waals surface area contributed by atoms with Crippen LogP contribution in [0.2, 0.25) is 0 Å². The van der Waals surface area contributed by atoms with E-state index in [4.69, 9.17) is 5.84 Å². The Hall–Kier alpha value is -0.980. The molecule has 0 radical (unpaired) electrons. The number of hydrazine groups is 1. The van der Waals surface area contributed by atoms with Crippen LogP contribution in [-0.4, -0.2) is 0 Å². The minimum absolute atomic E-state index is 0.248. The average molecular weight is 356 g/mol. The van der Waals surface area contributed by atoms with Crippen molar-refractivity contribution in [1.82, 2.24) is 5.43 Å². The predicted octanol–water partition coefficient (Wildman–Crippen LogP) is 3.29. The zero-order valence-corrected chi connectivity index (χ0v) is 12.1. The van der Waals surface area contributed by atoms with Gasteiger partial charge in [0.15, 0.2) is 0 Å². The number of benzene rings is 2. The molecule has 94 valence electrons. The molecule has 0 heterocycles. The molecule has 1 unspecified atom stereocenters. The SMILES string of the molecule is Cc1ccc(F)c(C(NN)c2ccc(I)cc2)c1. The van der Waals surface area contributed by atoms with Gasteiger partial charge < -0.3 is 0 Å². The summed E-state index contributed by atoms with van der Waals surface area (Å²) in [5.74, 6) is 5.33. The molecule has 0 aliphatic carbocycles. The van der Waals surface area contributed by atoms with Crippen LogP contribution in [0.3, 0.4) is 0 Å². The Balaban J connectivity index is 2.44. The zero-order chi connectivity index (χ0) is 13.1. The molecule has 18 heavy (non-hydrogen) atoms. The smallest absolute Gasteiger partial charge is 0.128 e. The lowest BCUT2D eigenvalue weighted by molar-refractivity contribution is 0.559. The van der Waals surface area contributed by atoms with Crippen molar-refractivity contribution in [3.8, 4) is 0 Å². The normalized spacial score (nSPS) is 12.4. The van der Waals surface area contributed by atoms with Crippen LogP contribution >= 0.6 is 22.6 Å². The summed E-state index contributed by atoms with van der Waals surface area (Å²) in [6.07, 6.45) is 0. The van der Waals surface area contributed by atoms with Crippen LogP contribution in [0.4, 0.5) is 4.39 Å². The van der Waals surface area contributed by atoms with Gasteiger partial charge in [-0.15, -0.1) is 0 Å². The van der Waals surface area contributed by atoms with E-state index in [1.807, 2.05) is 37.3 Å². The first-order chi connectivity index (χ1) is 8.61. The van der Waals surface area contributed by atoms with Crippen LogP contribution in [0.1, 0.15) is 22.7 Å². The van der Waals surface area contributed by atoms with Crippen molar-refractivity contribution in [3.63, 3.8) is 0 Å². The van der Waals surface area contributed by atoms with Crippen LogP contribution in [0, 0.1) is 16.3 Å². The number of halogens is 2. The number of hydrogen-bond donors (Lipinski definition) is 2. The predicted molar refractivity (Wildman–Crippen MR) is 79.5 cm³/mol. The topological polar surface area (TPSA) is 38.0 Å². The number of aryl methyl sites for hydroxylation is 1. The van der Waals surface area contributed by atoms with E-state index < -0.39 is 0 Å². The Kier molecular flexibility index (Phi) is 4.31. The fourth-order valence-corrected chi connectivity index (χ4v) is 2.26. The quantitative estimate of drug-likeness (QED) is 0.503. The molecular weight excluding hydrogens is 342 g/mol. The van der Waals surface area contributed by atoms with Crippen molar-refractivity contribution in [2.24, 2.45) is 5.84 Å². The highest BCUT2D eigenvalue weighted by Crippen LogP contribution is 2.25. The Labute approximate surface area is 120 Å². The molecule has 2 rings (SSSR count). The van der Waals surface area contributed by atoms with Gasteiger partial charge in [-0.3, -0.25) is 5.84 Å². The number of hydrogen-bond acceptors (Lipinski definition) is 2. The Morgan fingerprint density at radius 1 is 1.17 bits per heavy atom. The lowest BCUT2D eigenvalue weighted by atomic mass is 9.97. The van der Waals surface area contributed by atoms with E-state index in [-0.39, 0.29) is 11.9 Å². The van der Waals surface area contributed by atoms with E-state index in [2.05, 4.69) is 28.0 Å². The first-order valence-electron chi connectivity index (χ1n) is 5.59. The van der Waals surface area contributed by atoms with Gasteiger partial charge in [0.05, 0.1) is 6.04 Å². The van der Waals surface area contributed by atoms with Crippen LogP contribution in [-0.2, 0) is 0 Å².